The van der Waals surface area contributed by atoms with Crippen molar-refractivity contribution in [2.45, 2.75) is 52.1 Å². The molecule has 2 aromatic rings. The third kappa shape index (κ3) is 4.31. The molecule has 0 saturated carbocycles. The molecule has 0 aliphatic rings. The van der Waals surface area contributed by atoms with Gasteiger partial charge in [-0.25, -0.2) is 4.79 Å². The van der Waals surface area contributed by atoms with Crippen molar-refractivity contribution in [3.63, 3.8) is 0 Å². The molecule has 0 heterocycles. The molecule has 0 aromatic heterocycles. The van der Waals surface area contributed by atoms with Gasteiger partial charge in [-0.2, -0.15) is 13.2 Å². The summed E-state index contributed by atoms with van der Waals surface area (Å²) in [5.41, 5.74) is -1.10. The first-order valence-corrected chi connectivity index (χ1v) is 9.35. The second-order valence-corrected chi connectivity index (χ2v) is 7.17. The van der Waals surface area contributed by atoms with E-state index < -0.39 is 17.6 Å². The largest absolute Gasteiger partial charge is 0.508 e. The third-order valence-electron chi connectivity index (χ3n) is 5.17. The van der Waals surface area contributed by atoms with Crippen LogP contribution in [0.5, 0.6) is 11.5 Å². The lowest BCUT2D eigenvalue weighted by molar-refractivity contribution is -0.173. The van der Waals surface area contributed by atoms with Crippen molar-refractivity contribution in [1.29, 1.82) is 0 Å². The van der Waals surface area contributed by atoms with Gasteiger partial charge in [0, 0.05) is 5.57 Å². The van der Waals surface area contributed by atoms with Gasteiger partial charge in [0.25, 0.3) is 0 Å². The molecule has 0 aliphatic heterocycles. The minimum absolute atomic E-state index is 0.0305. The molecule has 0 saturated heterocycles. The fourth-order valence-electron chi connectivity index (χ4n) is 3.13. The summed E-state index contributed by atoms with van der Waals surface area (Å²) < 4.78 is 48.2. The zero-order valence-corrected chi connectivity index (χ0v) is 17.0. The first kappa shape index (κ1) is 22.5. The van der Waals surface area contributed by atoms with Crippen LogP contribution in [0, 0.1) is 0 Å². The number of rotatable bonds is 6. The van der Waals surface area contributed by atoms with Gasteiger partial charge in [-0.1, -0.05) is 44.7 Å². The third-order valence-corrected chi connectivity index (χ3v) is 5.17. The fourth-order valence-corrected chi connectivity index (χ4v) is 3.13. The summed E-state index contributed by atoms with van der Waals surface area (Å²) in [6.45, 7) is 9.68. The van der Waals surface area contributed by atoms with E-state index in [1.807, 2.05) is 0 Å². The summed E-state index contributed by atoms with van der Waals surface area (Å²) in [7, 11) is 0. The standard InChI is InChI=1S/C23H25F3O3/c1-6-15-12-17(8-10-19(15)27)22(5,23(24,25)26)18-9-11-20(16(7-2)13-18)29-21(28)14(3)4/h8-13,27H,3,6-7H2,1-2,4-5H3. The minimum atomic E-state index is -4.59. The van der Waals surface area contributed by atoms with Crippen LogP contribution < -0.4 is 4.74 Å². The van der Waals surface area contributed by atoms with Crippen molar-refractivity contribution in [2.24, 2.45) is 0 Å². The first-order chi connectivity index (χ1) is 13.4. The van der Waals surface area contributed by atoms with Gasteiger partial charge in [0.15, 0.2) is 0 Å². The van der Waals surface area contributed by atoms with Crippen LogP contribution in [0.3, 0.4) is 0 Å². The number of phenols is 1. The Morgan fingerprint density at radius 2 is 1.55 bits per heavy atom. The molecule has 29 heavy (non-hydrogen) atoms. The molecule has 1 unspecified atom stereocenters. The highest BCUT2D eigenvalue weighted by atomic mass is 19.4. The summed E-state index contributed by atoms with van der Waals surface area (Å²) >= 11 is 0. The van der Waals surface area contributed by atoms with Crippen molar-refractivity contribution in [3.8, 4) is 11.5 Å². The van der Waals surface area contributed by atoms with Crippen LogP contribution in [-0.2, 0) is 23.1 Å². The van der Waals surface area contributed by atoms with Crippen molar-refractivity contribution < 1.29 is 27.8 Å². The Labute approximate surface area is 168 Å². The molecule has 0 spiro atoms. The summed E-state index contributed by atoms with van der Waals surface area (Å²) in [4.78, 5) is 11.8. The number of aromatic hydroxyl groups is 1. The van der Waals surface area contributed by atoms with E-state index >= 15 is 0 Å². The lowest BCUT2D eigenvalue weighted by Gasteiger charge is -2.34. The number of aryl methyl sites for hydroxylation is 2. The predicted octanol–water partition coefficient (Wildman–Crippen LogP) is 5.87. The van der Waals surface area contributed by atoms with Gasteiger partial charge in [0.2, 0.25) is 0 Å². The van der Waals surface area contributed by atoms with Crippen LogP contribution in [-0.4, -0.2) is 17.3 Å². The molecular weight excluding hydrogens is 381 g/mol. The van der Waals surface area contributed by atoms with Gasteiger partial charge in [-0.3, -0.25) is 0 Å². The van der Waals surface area contributed by atoms with E-state index in [4.69, 9.17) is 4.74 Å². The van der Waals surface area contributed by atoms with Gasteiger partial charge in [-0.05, 0) is 61.1 Å². The van der Waals surface area contributed by atoms with E-state index in [1.165, 1.54) is 43.3 Å². The lowest BCUT2D eigenvalue weighted by atomic mass is 9.74. The Morgan fingerprint density at radius 1 is 1.03 bits per heavy atom. The maximum absolute atomic E-state index is 14.3. The number of halogens is 3. The highest BCUT2D eigenvalue weighted by molar-refractivity contribution is 5.89. The quantitative estimate of drug-likeness (QED) is 0.371. The van der Waals surface area contributed by atoms with E-state index in [1.54, 1.807) is 13.8 Å². The summed E-state index contributed by atoms with van der Waals surface area (Å²) in [5, 5.41) is 9.88. The van der Waals surface area contributed by atoms with Gasteiger partial charge in [0.05, 0.1) is 0 Å². The SMILES string of the molecule is C=C(C)C(=O)Oc1ccc(C(C)(c2ccc(O)c(CC)c2)C(F)(F)F)cc1CC. The number of hydrogen-bond acceptors (Lipinski definition) is 3. The molecule has 0 amide bonds. The zero-order valence-electron chi connectivity index (χ0n) is 17.0. The second-order valence-electron chi connectivity index (χ2n) is 7.17. The lowest BCUT2D eigenvalue weighted by Crippen LogP contribution is -2.40. The zero-order chi connectivity index (χ0) is 22.0. The van der Waals surface area contributed by atoms with Crippen LogP contribution >= 0.6 is 0 Å². The maximum atomic E-state index is 14.3. The van der Waals surface area contributed by atoms with Crippen molar-refractivity contribution in [1.82, 2.24) is 0 Å². The number of phenolic OH excluding ortho intramolecular Hbond substituents is 1. The molecule has 2 rings (SSSR count). The Kier molecular flexibility index (Phi) is 6.46. The molecule has 0 radical (unpaired) electrons. The van der Waals surface area contributed by atoms with Crippen LogP contribution in [0.25, 0.3) is 0 Å². The van der Waals surface area contributed by atoms with Gasteiger partial charge < -0.3 is 9.84 Å². The topological polar surface area (TPSA) is 46.5 Å². The Bertz CT molecular complexity index is 931. The van der Waals surface area contributed by atoms with Crippen molar-refractivity contribution >= 4 is 5.97 Å². The molecule has 156 valence electrons. The molecule has 0 bridgehead atoms. The molecule has 0 aliphatic carbocycles. The van der Waals surface area contributed by atoms with E-state index in [-0.39, 0.29) is 28.2 Å². The smallest absolute Gasteiger partial charge is 0.402 e. The highest BCUT2D eigenvalue weighted by Gasteiger charge is 2.53. The summed E-state index contributed by atoms with van der Waals surface area (Å²) in [6.07, 6.45) is -3.80. The number of esters is 1. The number of alkyl halides is 3. The van der Waals surface area contributed by atoms with E-state index in [0.29, 0.717) is 24.0 Å². The highest BCUT2D eigenvalue weighted by Crippen LogP contribution is 2.47. The Hall–Kier alpha value is -2.76. The Balaban J connectivity index is 2.65. The molecule has 1 atom stereocenters. The number of benzene rings is 2. The number of hydrogen-bond donors (Lipinski definition) is 1. The van der Waals surface area contributed by atoms with Crippen molar-refractivity contribution in [3.05, 3.63) is 70.8 Å². The van der Waals surface area contributed by atoms with Crippen molar-refractivity contribution in [2.75, 3.05) is 0 Å². The first-order valence-electron chi connectivity index (χ1n) is 9.35. The normalized spacial score (nSPS) is 13.6. The van der Waals surface area contributed by atoms with Gasteiger partial charge in [0.1, 0.15) is 16.9 Å². The second kappa shape index (κ2) is 8.31. The molecule has 6 heteroatoms. The summed E-state index contributed by atoms with van der Waals surface area (Å²) in [5.74, 6) is -0.442. The monoisotopic (exact) mass is 406 g/mol. The van der Waals surface area contributed by atoms with Crippen LogP contribution in [0.1, 0.15) is 49.9 Å². The van der Waals surface area contributed by atoms with Gasteiger partial charge in [-0.15, -0.1) is 0 Å². The predicted molar refractivity (Wildman–Crippen MR) is 106 cm³/mol. The molecular formula is C23H25F3O3. The van der Waals surface area contributed by atoms with Crippen LogP contribution in [0.2, 0.25) is 0 Å². The average molecular weight is 406 g/mol. The fraction of sp³-hybridized carbons (Fsp3) is 0.348. The van der Waals surface area contributed by atoms with E-state index in [2.05, 4.69) is 6.58 Å². The van der Waals surface area contributed by atoms with Crippen LogP contribution in [0.4, 0.5) is 13.2 Å². The van der Waals surface area contributed by atoms with Crippen LogP contribution in [0.15, 0.2) is 48.6 Å². The molecule has 0 fully saturated rings. The van der Waals surface area contributed by atoms with Gasteiger partial charge >= 0.3 is 12.1 Å². The number of carbonyl (C=O) groups is 1. The molecule has 2 aromatic carbocycles. The maximum Gasteiger partial charge on any atom is 0.402 e. The Morgan fingerprint density at radius 3 is 2.03 bits per heavy atom. The molecule has 3 nitrogen and oxygen atoms in total. The number of carbonyl (C=O) groups excluding carboxylic acids is 1. The minimum Gasteiger partial charge on any atom is -0.508 e. The molecule has 1 N–H and O–H groups in total. The number of ether oxygens (including phenoxy) is 1. The van der Waals surface area contributed by atoms with E-state index in [9.17, 15) is 23.1 Å². The average Bonchev–Trinajstić information content (AvgIpc) is 2.66. The summed E-state index contributed by atoms with van der Waals surface area (Å²) in [6, 6.07) is 8.12. The van der Waals surface area contributed by atoms with E-state index in [0.717, 1.165) is 6.92 Å².